The molecule has 5 heteroatoms. The standard InChI is InChI=1S/C16H19N5/c1-3-4-9-17-15-14-10-20-21(16(14)19-11-18-15)13-7-5-12(2)6-8-13/h5-8,10-11H,3-4,9H2,1-2H3,(H,17,18,19). The molecule has 2 heterocycles. The number of benzene rings is 1. The van der Waals surface area contributed by atoms with Crippen molar-refractivity contribution in [1.29, 1.82) is 0 Å². The Hall–Kier alpha value is -2.43. The highest BCUT2D eigenvalue weighted by Crippen LogP contribution is 2.21. The van der Waals surface area contributed by atoms with Gasteiger partial charge >= 0.3 is 0 Å². The van der Waals surface area contributed by atoms with Crippen LogP contribution in [0.15, 0.2) is 36.8 Å². The number of fused-ring (bicyclic) bond motifs is 1. The van der Waals surface area contributed by atoms with E-state index in [1.165, 1.54) is 5.56 Å². The lowest BCUT2D eigenvalue weighted by Crippen LogP contribution is -2.04. The Kier molecular flexibility index (Phi) is 3.81. The summed E-state index contributed by atoms with van der Waals surface area (Å²) in [5.41, 5.74) is 3.06. The zero-order chi connectivity index (χ0) is 14.7. The fraction of sp³-hybridized carbons (Fsp3) is 0.312. The Morgan fingerprint density at radius 2 is 1.95 bits per heavy atom. The van der Waals surface area contributed by atoms with Gasteiger partial charge in [0.15, 0.2) is 5.65 Å². The topological polar surface area (TPSA) is 55.6 Å². The maximum absolute atomic E-state index is 4.46. The summed E-state index contributed by atoms with van der Waals surface area (Å²) in [6, 6.07) is 8.25. The van der Waals surface area contributed by atoms with Gasteiger partial charge < -0.3 is 5.32 Å². The van der Waals surface area contributed by atoms with Crippen molar-refractivity contribution in [2.45, 2.75) is 26.7 Å². The lowest BCUT2D eigenvalue weighted by Gasteiger charge is -2.06. The third kappa shape index (κ3) is 2.72. The van der Waals surface area contributed by atoms with Crippen LogP contribution in [0.5, 0.6) is 0 Å². The van der Waals surface area contributed by atoms with Crippen LogP contribution < -0.4 is 5.32 Å². The van der Waals surface area contributed by atoms with Gasteiger partial charge in [-0.3, -0.25) is 0 Å². The molecule has 0 fully saturated rings. The molecule has 0 bridgehead atoms. The molecule has 0 spiro atoms. The molecule has 3 rings (SSSR count). The maximum atomic E-state index is 4.46. The Morgan fingerprint density at radius 3 is 2.71 bits per heavy atom. The molecule has 2 aromatic heterocycles. The first-order valence-corrected chi connectivity index (χ1v) is 7.29. The van der Waals surface area contributed by atoms with E-state index in [4.69, 9.17) is 0 Å². The van der Waals surface area contributed by atoms with Gasteiger partial charge in [0.1, 0.15) is 12.1 Å². The Morgan fingerprint density at radius 1 is 1.14 bits per heavy atom. The normalized spacial score (nSPS) is 11.0. The van der Waals surface area contributed by atoms with E-state index in [9.17, 15) is 0 Å². The summed E-state index contributed by atoms with van der Waals surface area (Å²) in [6.45, 7) is 5.16. The van der Waals surface area contributed by atoms with Gasteiger partial charge in [0, 0.05) is 6.54 Å². The summed E-state index contributed by atoms with van der Waals surface area (Å²) in [4.78, 5) is 8.70. The molecule has 0 aliphatic rings. The molecule has 0 saturated heterocycles. The average molecular weight is 281 g/mol. The third-order valence-electron chi connectivity index (χ3n) is 3.47. The van der Waals surface area contributed by atoms with Gasteiger partial charge in [-0.05, 0) is 25.5 Å². The number of hydrogen-bond donors (Lipinski definition) is 1. The zero-order valence-corrected chi connectivity index (χ0v) is 12.4. The van der Waals surface area contributed by atoms with Crippen LogP contribution in [0.25, 0.3) is 16.7 Å². The number of rotatable bonds is 5. The van der Waals surface area contributed by atoms with Crippen LogP contribution in [-0.4, -0.2) is 26.3 Å². The highest BCUT2D eigenvalue weighted by molar-refractivity contribution is 5.87. The van der Waals surface area contributed by atoms with Crippen LogP contribution in [0.2, 0.25) is 0 Å². The van der Waals surface area contributed by atoms with E-state index < -0.39 is 0 Å². The van der Waals surface area contributed by atoms with E-state index in [1.54, 1.807) is 6.33 Å². The summed E-state index contributed by atoms with van der Waals surface area (Å²) in [7, 11) is 0. The molecular weight excluding hydrogens is 262 g/mol. The summed E-state index contributed by atoms with van der Waals surface area (Å²) >= 11 is 0. The number of anilines is 1. The van der Waals surface area contributed by atoms with Crippen LogP contribution in [-0.2, 0) is 0 Å². The largest absolute Gasteiger partial charge is 0.369 e. The summed E-state index contributed by atoms with van der Waals surface area (Å²) < 4.78 is 1.85. The van der Waals surface area contributed by atoms with Gasteiger partial charge in [0.25, 0.3) is 0 Å². The number of aryl methyl sites for hydroxylation is 1. The Bertz CT molecular complexity index is 730. The molecule has 0 aliphatic carbocycles. The van der Waals surface area contributed by atoms with Crippen molar-refractivity contribution in [3.05, 3.63) is 42.4 Å². The van der Waals surface area contributed by atoms with Gasteiger partial charge in [-0.1, -0.05) is 31.0 Å². The first kappa shape index (κ1) is 13.5. The number of unbranched alkanes of at least 4 members (excludes halogenated alkanes) is 1. The Balaban J connectivity index is 1.98. The lowest BCUT2D eigenvalue weighted by atomic mass is 10.2. The predicted molar refractivity (Wildman–Crippen MR) is 84.8 cm³/mol. The van der Waals surface area contributed by atoms with Gasteiger partial charge in [-0.15, -0.1) is 0 Å². The second kappa shape index (κ2) is 5.91. The quantitative estimate of drug-likeness (QED) is 0.729. The molecule has 0 aliphatic heterocycles. The van der Waals surface area contributed by atoms with Crippen molar-refractivity contribution in [3.8, 4) is 5.69 Å². The van der Waals surface area contributed by atoms with E-state index >= 15 is 0 Å². The molecule has 5 nitrogen and oxygen atoms in total. The van der Waals surface area contributed by atoms with Gasteiger partial charge in [0.2, 0.25) is 0 Å². The van der Waals surface area contributed by atoms with Crippen LogP contribution in [0, 0.1) is 6.92 Å². The molecule has 21 heavy (non-hydrogen) atoms. The summed E-state index contributed by atoms with van der Waals surface area (Å²) in [6.07, 6.45) is 5.69. The fourth-order valence-electron chi connectivity index (χ4n) is 2.24. The second-order valence-corrected chi connectivity index (χ2v) is 5.13. The number of aromatic nitrogens is 4. The van der Waals surface area contributed by atoms with Gasteiger partial charge in [-0.25, -0.2) is 14.6 Å². The van der Waals surface area contributed by atoms with Crippen molar-refractivity contribution in [1.82, 2.24) is 19.7 Å². The van der Waals surface area contributed by atoms with Crippen LogP contribution in [0.3, 0.4) is 0 Å². The molecule has 0 radical (unpaired) electrons. The predicted octanol–water partition coefficient (Wildman–Crippen LogP) is 3.34. The smallest absolute Gasteiger partial charge is 0.168 e. The van der Waals surface area contributed by atoms with E-state index in [0.717, 1.165) is 41.9 Å². The van der Waals surface area contributed by atoms with Crippen molar-refractivity contribution in [3.63, 3.8) is 0 Å². The monoisotopic (exact) mass is 281 g/mol. The molecule has 3 aromatic rings. The van der Waals surface area contributed by atoms with E-state index in [1.807, 2.05) is 23.0 Å². The molecule has 0 unspecified atom stereocenters. The molecule has 1 N–H and O–H groups in total. The van der Waals surface area contributed by atoms with Crippen molar-refractivity contribution in [2.75, 3.05) is 11.9 Å². The zero-order valence-electron chi connectivity index (χ0n) is 12.4. The average Bonchev–Trinajstić information content (AvgIpc) is 2.93. The molecule has 1 aromatic carbocycles. The first-order chi connectivity index (χ1) is 10.3. The summed E-state index contributed by atoms with van der Waals surface area (Å²) in [5, 5.41) is 8.77. The second-order valence-electron chi connectivity index (χ2n) is 5.13. The highest BCUT2D eigenvalue weighted by Gasteiger charge is 2.10. The van der Waals surface area contributed by atoms with Crippen molar-refractivity contribution < 1.29 is 0 Å². The van der Waals surface area contributed by atoms with Crippen LogP contribution in [0.1, 0.15) is 25.3 Å². The number of nitrogens with zero attached hydrogens (tertiary/aromatic N) is 4. The molecule has 0 saturated carbocycles. The van der Waals surface area contributed by atoms with Gasteiger partial charge in [0.05, 0.1) is 17.3 Å². The van der Waals surface area contributed by atoms with E-state index in [-0.39, 0.29) is 0 Å². The van der Waals surface area contributed by atoms with E-state index in [2.05, 4.69) is 46.4 Å². The molecular formula is C16H19N5. The molecule has 0 amide bonds. The maximum Gasteiger partial charge on any atom is 0.168 e. The number of hydrogen-bond acceptors (Lipinski definition) is 4. The minimum Gasteiger partial charge on any atom is -0.369 e. The fourth-order valence-corrected chi connectivity index (χ4v) is 2.24. The van der Waals surface area contributed by atoms with Crippen LogP contribution >= 0.6 is 0 Å². The third-order valence-corrected chi connectivity index (χ3v) is 3.47. The highest BCUT2D eigenvalue weighted by atomic mass is 15.3. The molecule has 0 atom stereocenters. The van der Waals surface area contributed by atoms with E-state index in [0.29, 0.717) is 0 Å². The first-order valence-electron chi connectivity index (χ1n) is 7.29. The molecule has 108 valence electrons. The van der Waals surface area contributed by atoms with Crippen LogP contribution in [0.4, 0.5) is 5.82 Å². The number of nitrogens with one attached hydrogen (secondary N) is 1. The minimum atomic E-state index is 0.827. The van der Waals surface area contributed by atoms with Gasteiger partial charge in [-0.2, -0.15) is 5.10 Å². The SMILES string of the molecule is CCCCNc1ncnc2c1cnn2-c1ccc(C)cc1. The lowest BCUT2D eigenvalue weighted by molar-refractivity contribution is 0.831. The van der Waals surface area contributed by atoms with Crippen molar-refractivity contribution >= 4 is 16.9 Å². The summed E-state index contributed by atoms with van der Waals surface area (Å²) in [5.74, 6) is 0.854. The van der Waals surface area contributed by atoms with Crippen molar-refractivity contribution in [2.24, 2.45) is 0 Å². The Labute approximate surface area is 124 Å². The minimum absolute atomic E-state index is 0.827.